The first-order valence-corrected chi connectivity index (χ1v) is 10.6. The lowest BCUT2D eigenvalue weighted by Gasteiger charge is -2.22. The molecule has 0 bridgehead atoms. The topological polar surface area (TPSA) is 75.2 Å². The van der Waals surface area contributed by atoms with Crippen molar-refractivity contribution in [3.63, 3.8) is 0 Å². The average Bonchev–Trinajstić information content (AvgIpc) is 3.37. The molecular formula is C20H16Cl2N4O2S. The number of hydrogen-bond donors (Lipinski definition) is 1. The Bertz CT molecular complexity index is 1070. The van der Waals surface area contributed by atoms with Crippen molar-refractivity contribution in [3.8, 4) is 0 Å². The zero-order valence-corrected chi connectivity index (χ0v) is 17.5. The van der Waals surface area contributed by atoms with Crippen molar-refractivity contribution in [2.75, 3.05) is 11.9 Å². The van der Waals surface area contributed by atoms with Crippen LogP contribution in [0, 0.1) is 0 Å². The van der Waals surface area contributed by atoms with E-state index in [2.05, 4.69) is 15.5 Å². The van der Waals surface area contributed by atoms with E-state index in [9.17, 15) is 9.59 Å². The highest BCUT2D eigenvalue weighted by Gasteiger charge is 2.33. The fourth-order valence-corrected chi connectivity index (χ4v) is 4.53. The first-order valence-electron chi connectivity index (χ1n) is 8.98. The normalized spacial score (nSPS) is 16.1. The SMILES string of the molecule is O=C(Nc1cccc(Cl)c1)c1nnc(C2CCCN2C(=O)c2cccc(Cl)c2)s1. The highest BCUT2D eigenvalue weighted by atomic mass is 35.5. The Hall–Kier alpha value is -2.48. The number of benzene rings is 2. The second-order valence-corrected chi connectivity index (χ2v) is 8.46. The Morgan fingerprint density at radius 2 is 1.83 bits per heavy atom. The van der Waals surface area contributed by atoms with Gasteiger partial charge in [-0.3, -0.25) is 9.59 Å². The van der Waals surface area contributed by atoms with Crippen molar-refractivity contribution >= 4 is 52.0 Å². The van der Waals surface area contributed by atoms with Gasteiger partial charge in [0.15, 0.2) is 0 Å². The van der Waals surface area contributed by atoms with Gasteiger partial charge in [-0.05, 0) is 49.2 Å². The van der Waals surface area contributed by atoms with Crippen LogP contribution in [0.25, 0.3) is 0 Å². The fourth-order valence-electron chi connectivity index (χ4n) is 3.27. The zero-order valence-electron chi connectivity index (χ0n) is 15.1. The molecule has 1 saturated heterocycles. The zero-order chi connectivity index (χ0) is 20.4. The first-order chi connectivity index (χ1) is 14.0. The number of carbonyl (C=O) groups is 2. The lowest BCUT2D eigenvalue weighted by molar-refractivity contribution is 0.0735. The van der Waals surface area contributed by atoms with Gasteiger partial charge in [0.25, 0.3) is 11.8 Å². The number of halogens is 2. The van der Waals surface area contributed by atoms with Crippen molar-refractivity contribution in [2.24, 2.45) is 0 Å². The lowest BCUT2D eigenvalue weighted by Crippen LogP contribution is -2.30. The largest absolute Gasteiger partial charge is 0.329 e. The molecule has 1 atom stereocenters. The predicted molar refractivity (Wildman–Crippen MR) is 114 cm³/mol. The average molecular weight is 447 g/mol. The van der Waals surface area contributed by atoms with Gasteiger partial charge in [0.1, 0.15) is 5.01 Å². The number of aromatic nitrogens is 2. The number of amides is 2. The number of rotatable bonds is 4. The molecule has 0 radical (unpaired) electrons. The summed E-state index contributed by atoms with van der Waals surface area (Å²) in [5.41, 5.74) is 1.12. The van der Waals surface area contributed by atoms with Gasteiger partial charge in [-0.25, -0.2) is 0 Å². The van der Waals surface area contributed by atoms with E-state index < -0.39 is 0 Å². The van der Waals surface area contributed by atoms with Crippen LogP contribution in [0.4, 0.5) is 5.69 Å². The van der Waals surface area contributed by atoms with Crippen LogP contribution in [0.2, 0.25) is 10.0 Å². The first kappa shape index (κ1) is 19.8. The second kappa shape index (κ2) is 8.49. The summed E-state index contributed by atoms with van der Waals surface area (Å²) in [6, 6.07) is 13.6. The summed E-state index contributed by atoms with van der Waals surface area (Å²) < 4.78 is 0. The number of anilines is 1. The minimum atomic E-state index is -0.360. The molecule has 1 fully saturated rings. The summed E-state index contributed by atoms with van der Waals surface area (Å²) in [5.74, 6) is -0.461. The molecule has 9 heteroatoms. The predicted octanol–water partition coefficient (Wildman–Crippen LogP) is 5.07. The third-order valence-corrected chi connectivity index (χ3v) is 6.08. The molecule has 0 spiro atoms. The summed E-state index contributed by atoms with van der Waals surface area (Å²) in [4.78, 5) is 27.2. The maximum atomic E-state index is 12.9. The maximum Gasteiger partial charge on any atom is 0.286 e. The maximum absolute atomic E-state index is 12.9. The summed E-state index contributed by atoms with van der Waals surface area (Å²) in [7, 11) is 0. The molecule has 3 aromatic rings. The van der Waals surface area contributed by atoms with E-state index in [1.165, 1.54) is 11.3 Å². The van der Waals surface area contributed by atoms with E-state index >= 15 is 0 Å². The minimum absolute atomic E-state index is 0.102. The van der Waals surface area contributed by atoms with Crippen LogP contribution in [-0.4, -0.2) is 33.5 Å². The Morgan fingerprint density at radius 1 is 1.07 bits per heavy atom. The Morgan fingerprint density at radius 3 is 2.59 bits per heavy atom. The van der Waals surface area contributed by atoms with Crippen LogP contribution >= 0.6 is 34.5 Å². The van der Waals surface area contributed by atoms with Gasteiger partial charge in [0, 0.05) is 27.8 Å². The molecule has 1 aliphatic rings. The molecule has 0 saturated carbocycles. The molecule has 29 heavy (non-hydrogen) atoms. The molecule has 4 rings (SSSR count). The van der Waals surface area contributed by atoms with Crippen LogP contribution < -0.4 is 5.32 Å². The van der Waals surface area contributed by atoms with Gasteiger partial charge in [0.2, 0.25) is 5.01 Å². The summed E-state index contributed by atoms with van der Waals surface area (Å²) in [5, 5.41) is 12.9. The molecule has 148 valence electrons. The van der Waals surface area contributed by atoms with E-state index in [1.807, 2.05) is 0 Å². The molecule has 2 aromatic carbocycles. The molecule has 0 aliphatic carbocycles. The third kappa shape index (κ3) is 4.42. The van der Waals surface area contributed by atoms with Crippen molar-refractivity contribution in [2.45, 2.75) is 18.9 Å². The molecule has 6 nitrogen and oxygen atoms in total. The fraction of sp³-hybridized carbons (Fsp3) is 0.200. The van der Waals surface area contributed by atoms with Crippen LogP contribution in [0.3, 0.4) is 0 Å². The van der Waals surface area contributed by atoms with Gasteiger partial charge in [-0.2, -0.15) is 0 Å². The summed E-state index contributed by atoms with van der Waals surface area (Å²) in [6.07, 6.45) is 1.64. The highest BCUT2D eigenvalue weighted by Crippen LogP contribution is 2.35. The molecular weight excluding hydrogens is 431 g/mol. The van der Waals surface area contributed by atoms with Gasteiger partial charge < -0.3 is 10.2 Å². The lowest BCUT2D eigenvalue weighted by atomic mass is 10.1. The van der Waals surface area contributed by atoms with E-state index in [0.29, 0.717) is 32.8 Å². The van der Waals surface area contributed by atoms with Gasteiger partial charge in [-0.1, -0.05) is 46.7 Å². The standard InChI is InChI=1S/C20H16Cl2N4O2S/c21-13-5-1-4-12(10-13)20(28)26-9-3-8-16(26)18-24-25-19(29-18)17(27)23-15-7-2-6-14(22)11-15/h1-2,4-7,10-11,16H,3,8-9H2,(H,23,27). The molecule has 1 aliphatic heterocycles. The van der Waals surface area contributed by atoms with E-state index in [0.717, 1.165) is 12.8 Å². The number of carbonyl (C=O) groups excluding carboxylic acids is 2. The number of nitrogens with one attached hydrogen (secondary N) is 1. The smallest absolute Gasteiger partial charge is 0.286 e. The number of hydrogen-bond acceptors (Lipinski definition) is 5. The van der Waals surface area contributed by atoms with Crippen LogP contribution in [0.5, 0.6) is 0 Å². The Balaban J connectivity index is 1.50. The highest BCUT2D eigenvalue weighted by molar-refractivity contribution is 7.13. The number of nitrogens with zero attached hydrogens (tertiary/aromatic N) is 3. The molecule has 1 N–H and O–H groups in total. The van der Waals surface area contributed by atoms with Crippen molar-refractivity contribution in [3.05, 3.63) is 74.2 Å². The van der Waals surface area contributed by atoms with Crippen molar-refractivity contribution in [1.29, 1.82) is 0 Å². The Kier molecular flexibility index (Phi) is 5.80. The minimum Gasteiger partial charge on any atom is -0.329 e. The van der Waals surface area contributed by atoms with E-state index in [1.54, 1.807) is 53.4 Å². The molecule has 1 aromatic heterocycles. The molecule has 1 unspecified atom stereocenters. The van der Waals surface area contributed by atoms with Crippen LogP contribution in [0.1, 0.15) is 44.1 Å². The van der Waals surface area contributed by atoms with Gasteiger partial charge in [-0.15, -0.1) is 10.2 Å². The molecule has 2 amide bonds. The van der Waals surface area contributed by atoms with Crippen molar-refractivity contribution < 1.29 is 9.59 Å². The summed E-state index contributed by atoms with van der Waals surface area (Å²) >= 11 is 13.2. The van der Waals surface area contributed by atoms with Gasteiger partial charge >= 0.3 is 0 Å². The Labute approximate surface area is 181 Å². The number of likely N-dealkylation sites (tertiary alicyclic amines) is 1. The van der Waals surface area contributed by atoms with Crippen LogP contribution in [-0.2, 0) is 0 Å². The second-order valence-electron chi connectivity index (χ2n) is 6.58. The van der Waals surface area contributed by atoms with E-state index in [-0.39, 0.29) is 22.9 Å². The summed E-state index contributed by atoms with van der Waals surface area (Å²) in [6.45, 7) is 0.625. The van der Waals surface area contributed by atoms with E-state index in [4.69, 9.17) is 23.2 Å². The van der Waals surface area contributed by atoms with Crippen LogP contribution in [0.15, 0.2) is 48.5 Å². The monoisotopic (exact) mass is 446 g/mol. The molecule has 2 heterocycles. The third-order valence-electron chi connectivity index (χ3n) is 4.59. The van der Waals surface area contributed by atoms with Crippen molar-refractivity contribution in [1.82, 2.24) is 15.1 Å². The quantitative estimate of drug-likeness (QED) is 0.606. The van der Waals surface area contributed by atoms with Gasteiger partial charge in [0.05, 0.1) is 6.04 Å².